The molecule has 2 unspecified atom stereocenters. The Bertz CT molecular complexity index is 555. The van der Waals surface area contributed by atoms with Crippen LogP contribution in [0.25, 0.3) is 0 Å². The van der Waals surface area contributed by atoms with Gasteiger partial charge in [0.05, 0.1) is 11.7 Å². The van der Waals surface area contributed by atoms with Crippen molar-refractivity contribution in [1.82, 2.24) is 15.2 Å². The summed E-state index contributed by atoms with van der Waals surface area (Å²) in [7, 11) is 1.82. The first-order chi connectivity index (χ1) is 14.2. The van der Waals surface area contributed by atoms with Gasteiger partial charge in [-0.05, 0) is 37.9 Å². The van der Waals surface area contributed by atoms with Crippen molar-refractivity contribution >= 4 is 5.91 Å². The van der Waals surface area contributed by atoms with E-state index in [1.54, 1.807) is 24.5 Å². The van der Waals surface area contributed by atoms with E-state index < -0.39 is 0 Å². The van der Waals surface area contributed by atoms with Crippen LogP contribution >= 0.6 is 0 Å². The molecule has 0 aliphatic carbocycles. The molecule has 0 spiro atoms. The summed E-state index contributed by atoms with van der Waals surface area (Å²) < 4.78 is 5.42. The number of pyridine rings is 1. The van der Waals surface area contributed by atoms with Crippen LogP contribution in [0.2, 0.25) is 0 Å². The highest BCUT2D eigenvalue weighted by Crippen LogP contribution is 2.14. The van der Waals surface area contributed by atoms with Gasteiger partial charge in [0.2, 0.25) is 0 Å². The zero-order valence-corrected chi connectivity index (χ0v) is 18.2. The fourth-order valence-corrected chi connectivity index (χ4v) is 3.92. The Balaban J connectivity index is 1.35. The average Bonchev–Trinajstić information content (AvgIpc) is 3.22. The van der Waals surface area contributed by atoms with Crippen LogP contribution in [0.5, 0.6) is 0 Å². The molecule has 1 saturated heterocycles. The van der Waals surface area contributed by atoms with Crippen molar-refractivity contribution in [3.05, 3.63) is 30.1 Å². The van der Waals surface area contributed by atoms with Crippen LogP contribution in [-0.2, 0) is 4.74 Å². The molecule has 0 aromatic carbocycles. The first kappa shape index (κ1) is 23.8. The first-order valence-corrected chi connectivity index (χ1v) is 11.4. The second kappa shape index (κ2) is 14.5. The Kier molecular flexibility index (Phi) is 11.9. The number of nitrogens with zero attached hydrogens (tertiary/aromatic N) is 2. The molecule has 29 heavy (non-hydrogen) atoms. The number of amides is 1. The maximum atomic E-state index is 12.0. The van der Waals surface area contributed by atoms with E-state index in [1.807, 2.05) is 7.11 Å². The fraction of sp³-hybridized carbons (Fsp3) is 0.739. The molecular formula is C23H40N4O2. The minimum Gasteiger partial charge on any atom is -0.380 e. The summed E-state index contributed by atoms with van der Waals surface area (Å²) in [6.07, 6.45) is 16.2. The van der Waals surface area contributed by atoms with E-state index in [0.29, 0.717) is 18.2 Å². The third kappa shape index (κ3) is 10.2. The molecule has 1 aromatic heterocycles. The molecule has 1 amide bonds. The highest BCUT2D eigenvalue weighted by Gasteiger charge is 2.20. The van der Waals surface area contributed by atoms with E-state index in [-0.39, 0.29) is 11.9 Å². The molecule has 2 atom stereocenters. The quantitative estimate of drug-likeness (QED) is 0.438. The van der Waals surface area contributed by atoms with Gasteiger partial charge in [-0.15, -0.1) is 0 Å². The molecule has 0 radical (unpaired) electrons. The number of methoxy groups -OCH3 is 1. The van der Waals surface area contributed by atoms with Crippen molar-refractivity contribution in [2.75, 3.05) is 33.3 Å². The van der Waals surface area contributed by atoms with Gasteiger partial charge in [0.25, 0.3) is 5.91 Å². The van der Waals surface area contributed by atoms with Crippen molar-refractivity contribution in [1.29, 1.82) is 0 Å². The Hall–Kier alpha value is -1.50. The molecule has 164 valence electrons. The summed E-state index contributed by atoms with van der Waals surface area (Å²) in [6.45, 7) is 4.07. The molecule has 1 aliphatic rings. The number of carbonyl (C=O) groups is 1. The second-order valence-corrected chi connectivity index (χ2v) is 8.28. The third-order valence-electron chi connectivity index (χ3n) is 5.81. The summed E-state index contributed by atoms with van der Waals surface area (Å²) in [5.74, 6) is -0.100. The molecule has 6 heteroatoms. The number of aromatic nitrogens is 1. The number of unbranched alkanes of at least 4 members (excludes halogenated alkanes) is 7. The molecule has 1 aromatic rings. The molecule has 0 bridgehead atoms. The van der Waals surface area contributed by atoms with E-state index in [0.717, 1.165) is 19.4 Å². The molecule has 0 saturated carbocycles. The van der Waals surface area contributed by atoms with Crippen LogP contribution in [0.1, 0.15) is 74.6 Å². The Labute approximate surface area is 176 Å². The van der Waals surface area contributed by atoms with E-state index in [4.69, 9.17) is 10.5 Å². The lowest BCUT2D eigenvalue weighted by atomic mass is 10.0. The number of hydrogen-bond acceptors (Lipinski definition) is 5. The Morgan fingerprint density at radius 3 is 2.62 bits per heavy atom. The van der Waals surface area contributed by atoms with Crippen LogP contribution in [0, 0.1) is 0 Å². The predicted molar refractivity (Wildman–Crippen MR) is 118 cm³/mol. The van der Waals surface area contributed by atoms with Crippen LogP contribution in [-0.4, -0.2) is 61.2 Å². The van der Waals surface area contributed by atoms with E-state index in [1.165, 1.54) is 64.5 Å². The second-order valence-electron chi connectivity index (χ2n) is 8.28. The summed E-state index contributed by atoms with van der Waals surface area (Å²) >= 11 is 0. The fourth-order valence-electron chi connectivity index (χ4n) is 3.92. The normalized spacial score (nSPS) is 18.1. The van der Waals surface area contributed by atoms with Crippen molar-refractivity contribution in [2.24, 2.45) is 5.73 Å². The lowest BCUT2D eigenvalue weighted by Gasteiger charge is -2.15. The standard InChI is InChI=1S/C23H40N4O2/c1-29-22-13-16-27(19-22)15-9-7-5-3-2-4-6-8-12-21(24)18-26-23(28)20-11-10-14-25-17-20/h10-11,14,17,21-22H,2-9,12-13,15-16,18-19,24H2,1H3,(H,26,28). The zero-order valence-electron chi connectivity index (χ0n) is 18.2. The van der Waals surface area contributed by atoms with Gasteiger partial charge in [-0.25, -0.2) is 0 Å². The number of ether oxygens (including phenoxy) is 1. The number of nitrogens with one attached hydrogen (secondary N) is 1. The number of rotatable bonds is 15. The number of nitrogens with two attached hydrogens (primary N) is 1. The Morgan fingerprint density at radius 1 is 1.24 bits per heavy atom. The predicted octanol–water partition coefficient (Wildman–Crippen LogP) is 3.37. The lowest BCUT2D eigenvalue weighted by Crippen LogP contribution is -2.37. The molecule has 2 heterocycles. The van der Waals surface area contributed by atoms with Crippen LogP contribution < -0.4 is 11.1 Å². The number of likely N-dealkylation sites (tertiary alicyclic amines) is 1. The minimum atomic E-state index is -0.100. The van der Waals surface area contributed by atoms with Gasteiger partial charge in [-0.1, -0.05) is 44.9 Å². The van der Waals surface area contributed by atoms with Crippen molar-refractivity contribution in [3.63, 3.8) is 0 Å². The van der Waals surface area contributed by atoms with E-state index in [2.05, 4.69) is 15.2 Å². The van der Waals surface area contributed by atoms with Crippen molar-refractivity contribution in [3.8, 4) is 0 Å². The zero-order chi connectivity index (χ0) is 20.7. The largest absolute Gasteiger partial charge is 0.380 e. The molecule has 2 rings (SSSR count). The Morgan fingerprint density at radius 2 is 1.97 bits per heavy atom. The van der Waals surface area contributed by atoms with Gasteiger partial charge < -0.3 is 20.7 Å². The summed E-state index contributed by atoms with van der Waals surface area (Å²) in [6, 6.07) is 3.55. The lowest BCUT2D eigenvalue weighted by molar-refractivity contribution is 0.0950. The average molecular weight is 405 g/mol. The van der Waals surface area contributed by atoms with Gasteiger partial charge in [0, 0.05) is 45.2 Å². The van der Waals surface area contributed by atoms with Gasteiger partial charge >= 0.3 is 0 Å². The van der Waals surface area contributed by atoms with Gasteiger partial charge in [-0.2, -0.15) is 0 Å². The van der Waals surface area contributed by atoms with Crippen LogP contribution in [0.3, 0.4) is 0 Å². The van der Waals surface area contributed by atoms with Crippen molar-refractivity contribution < 1.29 is 9.53 Å². The summed E-state index contributed by atoms with van der Waals surface area (Å²) in [5.41, 5.74) is 6.71. The third-order valence-corrected chi connectivity index (χ3v) is 5.81. The highest BCUT2D eigenvalue weighted by molar-refractivity contribution is 5.93. The monoisotopic (exact) mass is 404 g/mol. The smallest absolute Gasteiger partial charge is 0.252 e. The van der Waals surface area contributed by atoms with Gasteiger partial charge in [-0.3, -0.25) is 9.78 Å². The number of hydrogen-bond donors (Lipinski definition) is 2. The van der Waals surface area contributed by atoms with E-state index in [9.17, 15) is 4.79 Å². The van der Waals surface area contributed by atoms with Crippen LogP contribution in [0.15, 0.2) is 24.5 Å². The maximum Gasteiger partial charge on any atom is 0.252 e. The maximum absolute atomic E-state index is 12.0. The summed E-state index contributed by atoms with van der Waals surface area (Å²) in [5, 5.41) is 2.89. The number of carbonyl (C=O) groups excluding carboxylic acids is 1. The minimum absolute atomic E-state index is 0.0268. The van der Waals surface area contributed by atoms with E-state index >= 15 is 0 Å². The highest BCUT2D eigenvalue weighted by atomic mass is 16.5. The molecule has 1 fully saturated rings. The van der Waals surface area contributed by atoms with Crippen LogP contribution in [0.4, 0.5) is 0 Å². The SMILES string of the molecule is COC1CCN(CCCCCCCCCCC(N)CNC(=O)c2cccnc2)C1. The molecular weight excluding hydrogens is 364 g/mol. The first-order valence-electron chi connectivity index (χ1n) is 11.4. The summed E-state index contributed by atoms with van der Waals surface area (Å²) in [4.78, 5) is 18.5. The molecule has 1 aliphatic heterocycles. The topological polar surface area (TPSA) is 80.5 Å². The van der Waals surface area contributed by atoms with Gasteiger partial charge in [0.1, 0.15) is 0 Å². The van der Waals surface area contributed by atoms with Crippen molar-refractivity contribution in [2.45, 2.75) is 76.4 Å². The van der Waals surface area contributed by atoms with Gasteiger partial charge in [0.15, 0.2) is 0 Å². The molecule has 3 N–H and O–H groups in total. The molecule has 6 nitrogen and oxygen atoms in total.